The summed E-state index contributed by atoms with van der Waals surface area (Å²) in [5.74, 6) is -3.15. The predicted molar refractivity (Wildman–Crippen MR) is 123 cm³/mol. The van der Waals surface area contributed by atoms with E-state index in [1.54, 1.807) is 6.92 Å². The van der Waals surface area contributed by atoms with Gasteiger partial charge < -0.3 is 24.8 Å². The van der Waals surface area contributed by atoms with Crippen LogP contribution in [0.15, 0.2) is 0 Å². The Morgan fingerprint density at radius 2 is 0.935 bits per heavy atom. The number of carboxylic acid groups (broad SMARTS) is 2. The van der Waals surface area contributed by atoms with E-state index >= 15 is 0 Å². The first-order valence-electron chi connectivity index (χ1n) is 12.2. The van der Waals surface area contributed by atoms with Crippen LogP contribution in [0.1, 0.15) is 124 Å². The molecule has 0 fully saturated rings. The van der Waals surface area contributed by atoms with Gasteiger partial charge in [0.2, 0.25) is 0 Å². The minimum Gasteiger partial charge on any atom is -0.481 e. The second-order valence-corrected chi connectivity index (χ2v) is 8.12. The van der Waals surface area contributed by atoms with Crippen LogP contribution in [0.25, 0.3) is 0 Å². The number of unbranched alkanes of at least 4 members (excludes halogenated alkanes) is 11. The van der Waals surface area contributed by atoms with Crippen molar-refractivity contribution in [3.8, 4) is 0 Å². The van der Waals surface area contributed by atoms with E-state index in [-0.39, 0.29) is 12.8 Å². The fourth-order valence-electron chi connectivity index (χ4n) is 2.88. The molecule has 0 atom stereocenters. The summed E-state index contributed by atoms with van der Waals surface area (Å²) < 4.78 is 10.8. The summed E-state index contributed by atoms with van der Waals surface area (Å²) >= 11 is 0. The lowest BCUT2D eigenvalue weighted by atomic mass is 10.1. The Labute approximate surface area is 189 Å². The van der Waals surface area contributed by atoms with Crippen LogP contribution in [0.3, 0.4) is 0 Å². The molecule has 0 aliphatic heterocycles. The van der Waals surface area contributed by atoms with Crippen LogP contribution in [-0.4, -0.2) is 46.4 Å². The molecule has 0 bridgehead atoms. The molecule has 0 aromatic heterocycles. The van der Waals surface area contributed by atoms with E-state index in [0.717, 1.165) is 12.8 Å². The zero-order chi connectivity index (χ0) is 23.8. The van der Waals surface area contributed by atoms with Crippen molar-refractivity contribution in [3.05, 3.63) is 0 Å². The average Bonchev–Trinajstić information content (AvgIpc) is 2.70. The lowest BCUT2D eigenvalue weighted by Crippen LogP contribution is -2.32. The van der Waals surface area contributed by atoms with Gasteiger partial charge in [0.15, 0.2) is 0 Å². The molecule has 0 unspecified atom stereocenters. The molecule has 0 amide bonds. The topological polar surface area (TPSA) is 113 Å². The highest BCUT2D eigenvalue weighted by Crippen LogP contribution is 2.13. The van der Waals surface area contributed by atoms with Gasteiger partial charge in [-0.2, -0.15) is 0 Å². The molecule has 0 aromatic rings. The lowest BCUT2D eigenvalue weighted by molar-refractivity contribution is -0.349. The smallest absolute Gasteiger partial charge is 0.303 e. The quantitative estimate of drug-likeness (QED) is 0.143. The van der Waals surface area contributed by atoms with Gasteiger partial charge in [-0.1, -0.05) is 78.1 Å². The van der Waals surface area contributed by atoms with Crippen molar-refractivity contribution in [3.63, 3.8) is 0 Å². The highest BCUT2D eigenvalue weighted by molar-refractivity contribution is 5.67. The molecule has 0 radical (unpaired) electrons. The molecule has 7 nitrogen and oxygen atoms in total. The Morgan fingerprint density at radius 3 is 1.26 bits per heavy atom. The number of aliphatic carboxylic acids is 2. The van der Waals surface area contributed by atoms with Gasteiger partial charge in [-0.15, -0.1) is 0 Å². The summed E-state index contributed by atoms with van der Waals surface area (Å²) in [5.41, 5.74) is 0. The fourth-order valence-corrected chi connectivity index (χ4v) is 2.88. The van der Waals surface area contributed by atoms with E-state index in [0.29, 0.717) is 26.1 Å². The van der Waals surface area contributed by atoms with Crippen molar-refractivity contribution in [2.45, 2.75) is 129 Å². The first-order chi connectivity index (χ1) is 14.7. The second-order valence-electron chi connectivity index (χ2n) is 8.12. The van der Waals surface area contributed by atoms with Crippen LogP contribution in [0.2, 0.25) is 0 Å². The van der Waals surface area contributed by atoms with E-state index in [4.69, 9.17) is 19.7 Å². The van der Waals surface area contributed by atoms with E-state index in [1.165, 1.54) is 64.2 Å². The van der Waals surface area contributed by atoms with Crippen molar-refractivity contribution in [1.29, 1.82) is 0 Å². The molecule has 0 saturated carbocycles. The number of carboxylic acids is 2. The third-order valence-electron chi connectivity index (χ3n) is 4.77. The highest BCUT2D eigenvalue weighted by atomic mass is 16.8. The number of carbonyl (C=O) groups is 2. The van der Waals surface area contributed by atoms with Crippen molar-refractivity contribution in [2.75, 3.05) is 13.2 Å². The Kier molecular flexibility index (Phi) is 24.2. The largest absolute Gasteiger partial charge is 0.481 e. The summed E-state index contributed by atoms with van der Waals surface area (Å²) in [7, 11) is 0. The molecule has 0 rings (SSSR count). The van der Waals surface area contributed by atoms with Crippen LogP contribution >= 0.6 is 0 Å². The number of ether oxygens (including phenoxy) is 2. The van der Waals surface area contributed by atoms with E-state index < -0.39 is 17.9 Å². The second kappa shape index (κ2) is 23.5. The van der Waals surface area contributed by atoms with Crippen LogP contribution in [0.4, 0.5) is 0 Å². The Bertz CT molecular complexity index is 375. The molecule has 31 heavy (non-hydrogen) atoms. The fraction of sp³-hybridized carbons (Fsp3) is 0.917. The Hall–Kier alpha value is -1.18. The van der Waals surface area contributed by atoms with Gasteiger partial charge in [0.1, 0.15) is 0 Å². The number of aliphatic hydroxyl groups is 1. The number of rotatable bonds is 21. The first kappa shape index (κ1) is 32.0. The summed E-state index contributed by atoms with van der Waals surface area (Å²) in [6.07, 6.45) is 15.7. The van der Waals surface area contributed by atoms with Crippen LogP contribution in [-0.2, 0) is 19.1 Å². The summed E-state index contributed by atoms with van der Waals surface area (Å²) in [6, 6.07) is 0. The number of hydrogen-bond acceptors (Lipinski definition) is 5. The van der Waals surface area contributed by atoms with Crippen molar-refractivity contribution < 1.29 is 34.4 Å². The SMILES string of the molecule is CCCCCCCCOC(C)(O)OCCCCCCCC.O=C(O)CCCCC(=O)O. The highest BCUT2D eigenvalue weighted by Gasteiger charge is 2.20. The zero-order valence-electron chi connectivity index (χ0n) is 20.2. The maximum Gasteiger partial charge on any atom is 0.303 e. The summed E-state index contributed by atoms with van der Waals surface area (Å²) in [5, 5.41) is 26.2. The molecule has 0 aliphatic carbocycles. The van der Waals surface area contributed by atoms with E-state index in [2.05, 4.69) is 13.8 Å². The molecule has 0 spiro atoms. The van der Waals surface area contributed by atoms with Gasteiger partial charge in [-0.05, 0) is 25.7 Å². The van der Waals surface area contributed by atoms with Crippen molar-refractivity contribution >= 4 is 11.9 Å². The average molecular weight is 449 g/mol. The molecular formula is C24H48O7. The maximum absolute atomic E-state index is 9.95. The predicted octanol–water partition coefficient (Wildman–Crippen LogP) is 6.12. The lowest BCUT2D eigenvalue weighted by Gasteiger charge is -2.23. The molecule has 0 aromatic carbocycles. The van der Waals surface area contributed by atoms with Crippen molar-refractivity contribution in [2.24, 2.45) is 0 Å². The van der Waals surface area contributed by atoms with Crippen LogP contribution in [0, 0.1) is 0 Å². The van der Waals surface area contributed by atoms with E-state index in [1.807, 2.05) is 0 Å². The van der Waals surface area contributed by atoms with Gasteiger partial charge in [0.25, 0.3) is 5.97 Å². The van der Waals surface area contributed by atoms with Crippen LogP contribution in [0.5, 0.6) is 0 Å². The van der Waals surface area contributed by atoms with Gasteiger partial charge in [-0.25, -0.2) is 0 Å². The van der Waals surface area contributed by atoms with Gasteiger partial charge in [0.05, 0.1) is 13.2 Å². The maximum atomic E-state index is 9.95. The molecule has 7 heteroatoms. The Balaban J connectivity index is 0. The van der Waals surface area contributed by atoms with Gasteiger partial charge >= 0.3 is 11.9 Å². The van der Waals surface area contributed by atoms with Crippen molar-refractivity contribution in [1.82, 2.24) is 0 Å². The first-order valence-corrected chi connectivity index (χ1v) is 12.2. The monoisotopic (exact) mass is 448 g/mol. The number of hydrogen-bond donors (Lipinski definition) is 3. The zero-order valence-corrected chi connectivity index (χ0v) is 20.2. The van der Waals surface area contributed by atoms with E-state index in [9.17, 15) is 14.7 Å². The minimum atomic E-state index is -1.41. The normalized spacial score (nSPS) is 11.1. The third kappa shape index (κ3) is 31.1. The summed E-state index contributed by atoms with van der Waals surface area (Å²) in [4.78, 5) is 19.8. The third-order valence-corrected chi connectivity index (χ3v) is 4.77. The minimum absolute atomic E-state index is 0.0628. The molecule has 186 valence electrons. The molecule has 0 aliphatic rings. The standard InChI is InChI=1S/C18H38O3.C6H10O4/c1-4-6-8-10-12-14-16-20-18(3,19)21-17-15-13-11-9-7-5-2;7-5(8)3-1-2-4-6(9)10/h19H,4-17H2,1-3H3;1-4H2,(H,7,8)(H,9,10). The molecule has 0 heterocycles. The molecular weight excluding hydrogens is 400 g/mol. The molecule has 3 N–H and O–H groups in total. The Morgan fingerprint density at radius 1 is 0.613 bits per heavy atom. The van der Waals surface area contributed by atoms with Gasteiger partial charge in [-0.3, -0.25) is 9.59 Å². The van der Waals surface area contributed by atoms with Crippen LogP contribution < -0.4 is 0 Å². The van der Waals surface area contributed by atoms with Gasteiger partial charge in [0, 0.05) is 19.8 Å². The molecule has 0 saturated heterocycles. The summed E-state index contributed by atoms with van der Waals surface area (Å²) in [6.45, 7) is 7.20.